The topological polar surface area (TPSA) is 87.3 Å². The smallest absolute Gasteiger partial charge is 0.409 e. The number of amides is 2. The summed E-state index contributed by atoms with van der Waals surface area (Å²) in [5, 5.41) is 2.84. The van der Waals surface area contributed by atoms with E-state index in [9.17, 15) is 9.59 Å². The second-order valence-corrected chi connectivity index (χ2v) is 6.39. The van der Waals surface area contributed by atoms with Gasteiger partial charge in [0.15, 0.2) is 0 Å². The summed E-state index contributed by atoms with van der Waals surface area (Å²) < 4.78 is 4.98. The van der Waals surface area contributed by atoms with Gasteiger partial charge in [-0.2, -0.15) is 0 Å². The zero-order chi connectivity index (χ0) is 18.6. The van der Waals surface area contributed by atoms with Gasteiger partial charge in [0.05, 0.1) is 17.6 Å². The predicted molar refractivity (Wildman–Crippen MR) is 101 cm³/mol. The molecule has 27 heavy (non-hydrogen) atoms. The van der Waals surface area contributed by atoms with Crippen LogP contribution >= 0.6 is 0 Å². The summed E-state index contributed by atoms with van der Waals surface area (Å²) in [4.78, 5) is 33.3. The van der Waals surface area contributed by atoms with Crippen molar-refractivity contribution in [2.45, 2.75) is 6.42 Å². The number of aromatic amines is 1. The summed E-state index contributed by atoms with van der Waals surface area (Å²) in [6.45, 7) is 1.97. The number of imidazole rings is 1. The van der Waals surface area contributed by atoms with Crippen LogP contribution in [0.25, 0.3) is 22.4 Å². The molecule has 7 nitrogen and oxygen atoms in total. The van der Waals surface area contributed by atoms with Crippen molar-refractivity contribution < 1.29 is 14.3 Å². The van der Waals surface area contributed by atoms with Gasteiger partial charge in [0.25, 0.3) is 5.91 Å². The highest BCUT2D eigenvalue weighted by atomic mass is 16.6. The number of carbonyl (C=O) groups excluding carboxylic acids is 2. The summed E-state index contributed by atoms with van der Waals surface area (Å²) in [5.74, 6) is 0.600. The van der Waals surface area contributed by atoms with Crippen molar-refractivity contribution in [1.82, 2.24) is 20.2 Å². The molecular formula is C20H20N4O3. The third kappa shape index (κ3) is 3.76. The second kappa shape index (κ2) is 7.49. The molecule has 1 fully saturated rings. The Morgan fingerprint density at radius 3 is 2.78 bits per heavy atom. The zero-order valence-corrected chi connectivity index (χ0v) is 14.8. The van der Waals surface area contributed by atoms with Crippen molar-refractivity contribution >= 4 is 23.0 Å². The van der Waals surface area contributed by atoms with Crippen LogP contribution in [0, 0.1) is 0 Å². The van der Waals surface area contributed by atoms with Gasteiger partial charge in [-0.1, -0.05) is 24.3 Å². The van der Waals surface area contributed by atoms with Crippen LogP contribution in [0.4, 0.5) is 4.79 Å². The first kappa shape index (κ1) is 17.1. The molecule has 0 spiro atoms. The normalized spacial score (nSPS) is 14.2. The molecule has 2 N–H and O–H groups in total. The van der Waals surface area contributed by atoms with Crippen LogP contribution < -0.4 is 5.32 Å². The van der Waals surface area contributed by atoms with Crippen LogP contribution in [0.5, 0.6) is 0 Å². The maximum absolute atomic E-state index is 12.3. The zero-order valence-electron chi connectivity index (χ0n) is 14.8. The summed E-state index contributed by atoms with van der Waals surface area (Å²) in [6.07, 6.45) is 0.508. The molecule has 0 radical (unpaired) electrons. The number of hydrogen-bond donors (Lipinski definition) is 2. The monoisotopic (exact) mass is 364 g/mol. The highest BCUT2D eigenvalue weighted by Gasteiger charge is 2.19. The van der Waals surface area contributed by atoms with Crippen molar-refractivity contribution in [3.8, 4) is 11.4 Å². The number of aromatic nitrogens is 2. The van der Waals surface area contributed by atoms with Crippen molar-refractivity contribution in [1.29, 1.82) is 0 Å². The number of nitrogens with zero attached hydrogens (tertiary/aromatic N) is 2. The average molecular weight is 364 g/mol. The molecule has 138 valence electrons. The van der Waals surface area contributed by atoms with E-state index in [-0.39, 0.29) is 12.0 Å². The van der Waals surface area contributed by atoms with Gasteiger partial charge in [-0.25, -0.2) is 9.78 Å². The highest BCUT2D eigenvalue weighted by molar-refractivity contribution is 5.94. The van der Waals surface area contributed by atoms with E-state index < -0.39 is 0 Å². The van der Waals surface area contributed by atoms with Crippen molar-refractivity contribution in [2.24, 2.45) is 0 Å². The molecular weight excluding hydrogens is 344 g/mol. The van der Waals surface area contributed by atoms with E-state index in [0.29, 0.717) is 31.8 Å². The highest BCUT2D eigenvalue weighted by Crippen LogP contribution is 2.20. The van der Waals surface area contributed by atoms with Gasteiger partial charge < -0.3 is 19.9 Å². The van der Waals surface area contributed by atoms with E-state index >= 15 is 0 Å². The summed E-state index contributed by atoms with van der Waals surface area (Å²) in [7, 11) is 0. The Hall–Kier alpha value is -3.35. The van der Waals surface area contributed by atoms with Crippen molar-refractivity contribution in [3.05, 3.63) is 54.1 Å². The average Bonchev–Trinajstić information content (AvgIpc) is 3.14. The van der Waals surface area contributed by atoms with Crippen LogP contribution in [0.2, 0.25) is 0 Å². The Morgan fingerprint density at radius 2 is 2.00 bits per heavy atom. The molecule has 1 aliphatic rings. The molecule has 2 heterocycles. The Labute approximate surface area is 156 Å². The van der Waals surface area contributed by atoms with E-state index in [1.54, 1.807) is 17.0 Å². The van der Waals surface area contributed by atoms with Crippen LogP contribution in [0.1, 0.15) is 16.8 Å². The predicted octanol–water partition coefficient (Wildman–Crippen LogP) is 2.80. The van der Waals surface area contributed by atoms with Crippen LogP contribution in [-0.4, -0.2) is 53.1 Å². The Morgan fingerprint density at radius 1 is 1.19 bits per heavy atom. The van der Waals surface area contributed by atoms with Crippen LogP contribution in [0.15, 0.2) is 48.5 Å². The lowest BCUT2D eigenvalue weighted by Gasteiger charge is -2.26. The molecule has 0 saturated carbocycles. The summed E-state index contributed by atoms with van der Waals surface area (Å²) in [5.41, 5.74) is 3.37. The van der Waals surface area contributed by atoms with Gasteiger partial charge in [-0.05, 0) is 30.7 Å². The number of H-pyrrole nitrogens is 1. The molecule has 1 aromatic heterocycles. The van der Waals surface area contributed by atoms with E-state index in [4.69, 9.17) is 4.74 Å². The minimum absolute atomic E-state index is 0.170. The van der Waals surface area contributed by atoms with Gasteiger partial charge in [0.1, 0.15) is 5.82 Å². The standard InChI is InChI=1S/C20H20N4O3/c25-19(21-10-12-24-11-3-13-27-20(24)26)15-8-6-14(7-9-15)18-22-16-4-1-2-5-17(16)23-18/h1-2,4-9H,3,10-13H2,(H,21,25)(H,22,23). The van der Waals surface area contributed by atoms with E-state index in [2.05, 4.69) is 15.3 Å². The number of carbonyl (C=O) groups is 2. The second-order valence-electron chi connectivity index (χ2n) is 6.39. The Bertz CT molecular complexity index is 932. The van der Waals surface area contributed by atoms with Gasteiger partial charge in [-0.15, -0.1) is 0 Å². The van der Waals surface area contributed by atoms with E-state index in [1.807, 2.05) is 36.4 Å². The molecule has 7 heteroatoms. The Balaban J connectivity index is 1.36. The third-order valence-corrected chi connectivity index (χ3v) is 4.53. The SMILES string of the molecule is O=C(NCCN1CCCOC1=O)c1ccc(-c2nc3ccccc3[nH]2)cc1. The molecule has 0 atom stereocenters. The molecule has 0 unspecified atom stereocenters. The molecule has 0 aliphatic carbocycles. The number of nitrogens with one attached hydrogen (secondary N) is 2. The van der Waals surface area contributed by atoms with Gasteiger partial charge in [0.2, 0.25) is 0 Å². The summed E-state index contributed by atoms with van der Waals surface area (Å²) in [6, 6.07) is 15.1. The molecule has 2 aromatic carbocycles. The fourth-order valence-corrected chi connectivity index (χ4v) is 3.08. The first-order chi connectivity index (χ1) is 13.2. The molecule has 0 bridgehead atoms. The fourth-order valence-electron chi connectivity index (χ4n) is 3.08. The van der Waals surface area contributed by atoms with Gasteiger partial charge >= 0.3 is 6.09 Å². The van der Waals surface area contributed by atoms with Gasteiger partial charge in [-0.3, -0.25) is 4.79 Å². The number of benzene rings is 2. The van der Waals surface area contributed by atoms with E-state index in [1.165, 1.54) is 0 Å². The molecule has 3 aromatic rings. The molecule has 2 amide bonds. The quantitative estimate of drug-likeness (QED) is 0.729. The Kier molecular flexibility index (Phi) is 4.74. The maximum atomic E-state index is 12.3. The lowest BCUT2D eigenvalue weighted by molar-refractivity contribution is 0.0719. The first-order valence-electron chi connectivity index (χ1n) is 8.96. The summed E-state index contributed by atoms with van der Waals surface area (Å²) >= 11 is 0. The first-order valence-corrected chi connectivity index (χ1v) is 8.96. The minimum atomic E-state index is -0.314. The number of ether oxygens (including phenoxy) is 1. The number of cyclic esters (lactones) is 1. The fraction of sp³-hybridized carbons (Fsp3) is 0.250. The van der Waals surface area contributed by atoms with Crippen LogP contribution in [0.3, 0.4) is 0 Å². The number of para-hydroxylation sites is 2. The number of fused-ring (bicyclic) bond motifs is 1. The third-order valence-electron chi connectivity index (χ3n) is 4.53. The van der Waals surface area contributed by atoms with Gasteiger partial charge in [0, 0.05) is 30.8 Å². The van der Waals surface area contributed by atoms with E-state index in [0.717, 1.165) is 28.8 Å². The number of rotatable bonds is 5. The largest absolute Gasteiger partial charge is 0.449 e. The van der Waals surface area contributed by atoms with Crippen LogP contribution in [-0.2, 0) is 4.74 Å². The maximum Gasteiger partial charge on any atom is 0.409 e. The van der Waals surface area contributed by atoms with Crippen molar-refractivity contribution in [2.75, 3.05) is 26.2 Å². The lowest BCUT2D eigenvalue weighted by atomic mass is 10.1. The molecule has 1 saturated heterocycles. The lowest BCUT2D eigenvalue weighted by Crippen LogP contribution is -2.42. The molecule has 1 aliphatic heterocycles. The number of hydrogen-bond acceptors (Lipinski definition) is 4. The minimum Gasteiger partial charge on any atom is -0.449 e. The van der Waals surface area contributed by atoms with Crippen molar-refractivity contribution in [3.63, 3.8) is 0 Å². The molecule has 4 rings (SSSR count).